The van der Waals surface area contributed by atoms with Gasteiger partial charge in [0.05, 0.1) is 24.2 Å². The van der Waals surface area contributed by atoms with Crippen LogP contribution in [-0.4, -0.2) is 61.4 Å². The Morgan fingerprint density at radius 2 is 2.05 bits per heavy atom. The van der Waals surface area contributed by atoms with Gasteiger partial charge in [0, 0.05) is 27.2 Å². The van der Waals surface area contributed by atoms with Crippen LogP contribution >= 0.6 is 0 Å². The van der Waals surface area contributed by atoms with E-state index in [0.717, 1.165) is 12.8 Å². The van der Waals surface area contributed by atoms with Crippen molar-refractivity contribution < 1.29 is 24.2 Å². The van der Waals surface area contributed by atoms with Gasteiger partial charge in [-0.1, -0.05) is 6.42 Å². The highest BCUT2D eigenvalue weighted by Crippen LogP contribution is 2.45. The molecular weight excluding hydrogens is 262 g/mol. The Kier molecular flexibility index (Phi) is 4.65. The fourth-order valence-electron chi connectivity index (χ4n) is 3.16. The fraction of sp³-hybridized carbons (Fsp3) is 0.857. The SMILES string of the molecule is COC[C@@H]1C[C@H](OC)CN1C(=O)CC1(C(=O)O)CCC1. The number of carbonyl (C=O) groups excluding carboxylic acids is 1. The van der Waals surface area contributed by atoms with Crippen LogP contribution in [0.2, 0.25) is 0 Å². The van der Waals surface area contributed by atoms with Gasteiger partial charge in [0.15, 0.2) is 0 Å². The Morgan fingerprint density at radius 3 is 2.50 bits per heavy atom. The van der Waals surface area contributed by atoms with Crippen molar-refractivity contribution in [2.45, 2.75) is 44.2 Å². The third-order valence-corrected chi connectivity index (χ3v) is 4.64. The van der Waals surface area contributed by atoms with Crippen molar-refractivity contribution in [3.8, 4) is 0 Å². The Hall–Kier alpha value is -1.14. The van der Waals surface area contributed by atoms with Gasteiger partial charge in [-0.15, -0.1) is 0 Å². The second-order valence-corrected chi connectivity index (χ2v) is 5.86. The Labute approximate surface area is 119 Å². The van der Waals surface area contributed by atoms with Gasteiger partial charge >= 0.3 is 5.97 Å². The number of nitrogens with zero attached hydrogens (tertiary/aromatic N) is 1. The summed E-state index contributed by atoms with van der Waals surface area (Å²) in [6, 6.07) is -0.0108. The first-order valence-electron chi connectivity index (χ1n) is 7.07. The van der Waals surface area contributed by atoms with Crippen molar-refractivity contribution in [1.29, 1.82) is 0 Å². The summed E-state index contributed by atoms with van der Waals surface area (Å²) < 4.78 is 10.5. The Morgan fingerprint density at radius 1 is 1.35 bits per heavy atom. The van der Waals surface area contributed by atoms with Crippen LogP contribution < -0.4 is 0 Å². The molecule has 6 nitrogen and oxygen atoms in total. The van der Waals surface area contributed by atoms with Gasteiger partial charge < -0.3 is 19.5 Å². The maximum Gasteiger partial charge on any atom is 0.310 e. The molecule has 1 aliphatic heterocycles. The highest BCUT2D eigenvalue weighted by atomic mass is 16.5. The second-order valence-electron chi connectivity index (χ2n) is 5.86. The highest BCUT2D eigenvalue weighted by molar-refractivity contribution is 5.86. The van der Waals surface area contributed by atoms with Crippen molar-refractivity contribution in [1.82, 2.24) is 4.90 Å². The van der Waals surface area contributed by atoms with E-state index in [0.29, 0.717) is 26.0 Å². The van der Waals surface area contributed by atoms with Crippen molar-refractivity contribution in [2.75, 3.05) is 27.4 Å². The molecule has 114 valence electrons. The number of carbonyl (C=O) groups is 2. The van der Waals surface area contributed by atoms with E-state index in [2.05, 4.69) is 0 Å². The van der Waals surface area contributed by atoms with Crippen LogP contribution in [0.15, 0.2) is 0 Å². The lowest BCUT2D eigenvalue weighted by Gasteiger charge is -2.38. The van der Waals surface area contributed by atoms with E-state index >= 15 is 0 Å². The largest absolute Gasteiger partial charge is 0.481 e. The first-order valence-corrected chi connectivity index (χ1v) is 7.07. The van der Waals surface area contributed by atoms with Gasteiger partial charge in [-0.3, -0.25) is 9.59 Å². The molecule has 0 aromatic carbocycles. The maximum absolute atomic E-state index is 12.5. The minimum absolute atomic E-state index is 0.0108. The minimum atomic E-state index is -0.845. The van der Waals surface area contributed by atoms with Crippen LogP contribution in [0.5, 0.6) is 0 Å². The normalized spacial score (nSPS) is 28.2. The molecular formula is C14H23NO5. The van der Waals surface area contributed by atoms with Crippen molar-refractivity contribution >= 4 is 11.9 Å². The number of hydrogen-bond donors (Lipinski definition) is 1. The molecule has 1 aliphatic carbocycles. The number of amides is 1. The van der Waals surface area contributed by atoms with Crippen LogP contribution in [0.25, 0.3) is 0 Å². The zero-order chi connectivity index (χ0) is 14.8. The number of aliphatic carboxylic acids is 1. The van der Waals surface area contributed by atoms with Gasteiger partial charge in [0.25, 0.3) is 0 Å². The van der Waals surface area contributed by atoms with E-state index in [1.54, 1.807) is 19.1 Å². The summed E-state index contributed by atoms with van der Waals surface area (Å²) in [6.07, 6.45) is 2.95. The Balaban J connectivity index is 2.01. The predicted octanol–water partition coefficient (Wildman–Crippen LogP) is 0.894. The third kappa shape index (κ3) is 2.81. The van der Waals surface area contributed by atoms with Gasteiger partial charge in [-0.2, -0.15) is 0 Å². The standard InChI is InChI=1S/C14H23NO5/c1-19-9-10-6-11(20-2)8-15(10)12(16)7-14(13(17)18)4-3-5-14/h10-11H,3-9H2,1-2H3,(H,17,18)/t10-,11-/m0/s1. The average molecular weight is 285 g/mol. The number of hydrogen-bond acceptors (Lipinski definition) is 4. The lowest BCUT2D eigenvalue weighted by molar-refractivity contribution is -0.160. The van der Waals surface area contributed by atoms with E-state index in [4.69, 9.17) is 9.47 Å². The summed E-state index contributed by atoms with van der Waals surface area (Å²) in [7, 11) is 3.24. The summed E-state index contributed by atoms with van der Waals surface area (Å²) in [4.78, 5) is 25.6. The van der Waals surface area contributed by atoms with Crippen molar-refractivity contribution in [3.05, 3.63) is 0 Å². The zero-order valence-corrected chi connectivity index (χ0v) is 12.1. The van der Waals surface area contributed by atoms with Crippen molar-refractivity contribution in [3.63, 3.8) is 0 Å². The number of carboxylic acids is 1. The summed E-state index contributed by atoms with van der Waals surface area (Å²) in [5.74, 6) is -0.934. The van der Waals surface area contributed by atoms with Gasteiger partial charge in [0.1, 0.15) is 0 Å². The molecule has 2 atom stereocenters. The molecule has 20 heavy (non-hydrogen) atoms. The fourth-order valence-corrected chi connectivity index (χ4v) is 3.16. The topological polar surface area (TPSA) is 76.1 Å². The molecule has 0 spiro atoms. The molecule has 1 N–H and O–H groups in total. The molecule has 0 aromatic heterocycles. The minimum Gasteiger partial charge on any atom is -0.481 e. The van der Waals surface area contributed by atoms with Gasteiger partial charge in [-0.05, 0) is 19.3 Å². The first kappa shape index (κ1) is 15.3. The monoisotopic (exact) mass is 285 g/mol. The molecule has 2 rings (SSSR count). The van der Waals surface area contributed by atoms with Crippen LogP contribution in [0.3, 0.4) is 0 Å². The molecule has 2 aliphatic rings. The zero-order valence-electron chi connectivity index (χ0n) is 12.1. The summed E-state index contributed by atoms with van der Waals surface area (Å²) >= 11 is 0. The molecule has 0 bridgehead atoms. The molecule has 1 saturated heterocycles. The van der Waals surface area contributed by atoms with E-state index in [1.807, 2.05) is 0 Å². The van der Waals surface area contributed by atoms with E-state index in [-0.39, 0.29) is 24.5 Å². The summed E-state index contributed by atoms with van der Waals surface area (Å²) in [6.45, 7) is 0.991. The number of ether oxygens (including phenoxy) is 2. The highest BCUT2D eigenvalue weighted by Gasteiger charge is 2.48. The summed E-state index contributed by atoms with van der Waals surface area (Å²) in [5.41, 5.74) is -0.833. The van der Waals surface area contributed by atoms with E-state index in [1.165, 1.54) is 0 Å². The third-order valence-electron chi connectivity index (χ3n) is 4.64. The molecule has 0 radical (unpaired) electrons. The molecule has 2 fully saturated rings. The van der Waals surface area contributed by atoms with Gasteiger partial charge in [0.2, 0.25) is 5.91 Å². The molecule has 1 heterocycles. The number of methoxy groups -OCH3 is 2. The quantitative estimate of drug-likeness (QED) is 0.784. The lowest BCUT2D eigenvalue weighted by atomic mass is 9.66. The summed E-state index contributed by atoms with van der Waals surface area (Å²) in [5, 5.41) is 9.32. The number of carboxylic acid groups (broad SMARTS) is 1. The van der Waals surface area contributed by atoms with E-state index in [9.17, 15) is 14.7 Å². The smallest absolute Gasteiger partial charge is 0.310 e. The number of rotatable bonds is 6. The van der Waals surface area contributed by atoms with Gasteiger partial charge in [-0.25, -0.2) is 0 Å². The second kappa shape index (κ2) is 6.10. The predicted molar refractivity (Wildman–Crippen MR) is 71.3 cm³/mol. The lowest BCUT2D eigenvalue weighted by Crippen LogP contribution is -2.46. The number of likely N-dealkylation sites (tertiary alicyclic amines) is 1. The molecule has 0 aromatic rings. The van der Waals surface area contributed by atoms with Crippen LogP contribution in [0.1, 0.15) is 32.1 Å². The van der Waals surface area contributed by atoms with Crippen LogP contribution in [0.4, 0.5) is 0 Å². The first-order chi connectivity index (χ1) is 9.52. The maximum atomic E-state index is 12.5. The van der Waals surface area contributed by atoms with E-state index < -0.39 is 11.4 Å². The molecule has 6 heteroatoms. The van der Waals surface area contributed by atoms with Crippen molar-refractivity contribution in [2.24, 2.45) is 5.41 Å². The molecule has 1 amide bonds. The molecule has 1 saturated carbocycles. The van der Waals surface area contributed by atoms with Crippen LogP contribution in [0, 0.1) is 5.41 Å². The Bertz CT molecular complexity index is 380. The molecule has 0 unspecified atom stereocenters. The average Bonchev–Trinajstić information content (AvgIpc) is 2.77. The van der Waals surface area contributed by atoms with Crippen LogP contribution in [-0.2, 0) is 19.1 Å².